The van der Waals surface area contributed by atoms with Crippen LogP contribution >= 0.6 is 0 Å². The summed E-state index contributed by atoms with van der Waals surface area (Å²) in [5.74, 6) is -1.02. The molecule has 0 aromatic rings. The van der Waals surface area contributed by atoms with Gasteiger partial charge in [0.1, 0.15) is 17.2 Å². The lowest BCUT2D eigenvalue weighted by Crippen LogP contribution is -2.54. The van der Waals surface area contributed by atoms with Crippen molar-refractivity contribution in [1.29, 1.82) is 0 Å². The molecule has 0 spiro atoms. The average Bonchev–Trinajstić information content (AvgIpc) is 2.60. The molecule has 10 heteroatoms. The van der Waals surface area contributed by atoms with Crippen molar-refractivity contribution in [1.82, 2.24) is 10.6 Å². The van der Waals surface area contributed by atoms with Gasteiger partial charge in [-0.1, -0.05) is 0 Å². The Morgan fingerprint density at radius 1 is 0.824 bits per heavy atom. The van der Waals surface area contributed by atoms with Crippen LogP contribution in [0.3, 0.4) is 0 Å². The molecule has 5 N–H and O–H groups in total. The number of unbranched alkanes of at least 4 members (excludes halogenated alkanes) is 1. The lowest BCUT2D eigenvalue weighted by atomic mass is 10.1. The molecule has 3 atom stereocenters. The number of aliphatic hydroxyl groups is 1. The summed E-state index contributed by atoms with van der Waals surface area (Å²) in [6, 6.07) is -2.50. The quantitative estimate of drug-likeness (QED) is 0.186. The fourth-order valence-electron chi connectivity index (χ4n) is 2.88. The third-order valence-corrected chi connectivity index (χ3v) is 4.16. The molecule has 0 rings (SSSR count). The molecule has 0 aromatic heterocycles. The number of carbonyl (C=O) groups excluding carboxylic acids is 3. The topological polar surface area (TPSA) is 149 Å². The molecule has 0 aromatic carbocycles. The van der Waals surface area contributed by atoms with Crippen molar-refractivity contribution in [2.45, 2.75) is 130 Å². The van der Waals surface area contributed by atoms with E-state index in [-0.39, 0.29) is 12.8 Å². The van der Waals surface area contributed by atoms with Gasteiger partial charge in [-0.25, -0.2) is 9.59 Å². The first-order chi connectivity index (χ1) is 15.3. The van der Waals surface area contributed by atoms with Gasteiger partial charge in [-0.05, 0) is 94.5 Å². The van der Waals surface area contributed by atoms with Crippen LogP contribution in [0.25, 0.3) is 0 Å². The van der Waals surface area contributed by atoms with Crippen LogP contribution in [0, 0.1) is 0 Å². The number of urea groups is 1. The fourth-order valence-corrected chi connectivity index (χ4v) is 2.88. The number of nitrogens with one attached hydrogen (secondary N) is 2. The maximum atomic E-state index is 12.8. The van der Waals surface area contributed by atoms with Crippen molar-refractivity contribution in [2.75, 3.05) is 6.54 Å². The Labute approximate surface area is 204 Å². The molecule has 2 amide bonds. The SMILES string of the molecule is CC(C)(C)OC(=O)CC[C@H](NC(=O)N[C@@H](CCCCN)C(=O)OC(C)(C)C)[C@H](O)OC(C)(C)C. The van der Waals surface area contributed by atoms with E-state index >= 15 is 0 Å². The minimum atomic E-state index is -1.38. The lowest BCUT2D eigenvalue weighted by molar-refractivity contribution is -0.180. The minimum Gasteiger partial charge on any atom is -0.460 e. The van der Waals surface area contributed by atoms with E-state index in [1.165, 1.54) is 0 Å². The van der Waals surface area contributed by atoms with E-state index in [0.717, 1.165) is 0 Å². The van der Waals surface area contributed by atoms with Crippen LogP contribution in [0.4, 0.5) is 4.79 Å². The van der Waals surface area contributed by atoms with Crippen LogP contribution < -0.4 is 16.4 Å². The molecular formula is C24H47N3O7. The smallest absolute Gasteiger partial charge is 0.329 e. The Hall–Kier alpha value is -1.91. The van der Waals surface area contributed by atoms with E-state index in [1.54, 1.807) is 62.3 Å². The molecule has 0 aliphatic carbocycles. The highest BCUT2D eigenvalue weighted by molar-refractivity contribution is 5.84. The lowest BCUT2D eigenvalue weighted by Gasteiger charge is -2.31. The summed E-state index contributed by atoms with van der Waals surface area (Å²) in [5.41, 5.74) is 3.49. The third-order valence-electron chi connectivity index (χ3n) is 4.16. The summed E-state index contributed by atoms with van der Waals surface area (Å²) in [6.07, 6.45) is 0.314. The number of aliphatic hydroxyl groups excluding tert-OH is 1. The molecule has 0 aliphatic heterocycles. The first kappa shape index (κ1) is 32.1. The maximum absolute atomic E-state index is 12.8. The third kappa shape index (κ3) is 16.7. The van der Waals surface area contributed by atoms with Crippen LogP contribution in [-0.2, 0) is 23.8 Å². The number of esters is 2. The van der Waals surface area contributed by atoms with E-state index in [4.69, 9.17) is 19.9 Å². The maximum Gasteiger partial charge on any atom is 0.329 e. The molecule has 0 bridgehead atoms. The molecule has 0 unspecified atom stereocenters. The van der Waals surface area contributed by atoms with Gasteiger partial charge in [-0.2, -0.15) is 0 Å². The van der Waals surface area contributed by atoms with Crippen LogP contribution in [-0.4, -0.2) is 64.8 Å². The van der Waals surface area contributed by atoms with E-state index in [9.17, 15) is 19.5 Å². The molecule has 34 heavy (non-hydrogen) atoms. The number of ether oxygens (including phenoxy) is 3. The summed E-state index contributed by atoms with van der Waals surface area (Å²) in [5, 5.41) is 15.8. The second-order valence-electron chi connectivity index (χ2n) is 11.3. The number of carbonyl (C=O) groups is 3. The van der Waals surface area contributed by atoms with Crippen molar-refractivity contribution < 1.29 is 33.7 Å². The van der Waals surface area contributed by atoms with Gasteiger partial charge >= 0.3 is 18.0 Å². The van der Waals surface area contributed by atoms with Crippen LogP contribution in [0.2, 0.25) is 0 Å². The fraction of sp³-hybridized carbons (Fsp3) is 0.875. The van der Waals surface area contributed by atoms with Gasteiger partial charge in [-0.15, -0.1) is 0 Å². The first-order valence-electron chi connectivity index (χ1n) is 11.9. The molecule has 0 heterocycles. The first-order valence-corrected chi connectivity index (χ1v) is 11.9. The number of nitrogens with two attached hydrogens (primary N) is 1. The normalized spacial score (nSPS) is 15.1. The summed E-state index contributed by atoms with van der Waals surface area (Å²) in [7, 11) is 0. The standard InChI is InChI=1S/C24H47N3O7/c1-22(2,3)32-18(28)14-13-17(20(30)34-24(7,8)9)27-21(31)26-16(12-10-11-15-25)19(29)33-23(4,5)6/h16-17,20,30H,10-15,25H2,1-9H3,(H2,26,27,31)/t16-,17-,20+/m0/s1. The van der Waals surface area contributed by atoms with E-state index < -0.39 is 53.1 Å². The predicted molar refractivity (Wildman–Crippen MR) is 130 cm³/mol. The Morgan fingerprint density at radius 3 is 1.85 bits per heavy atom. The van der Waals surface area contributed by atoms with E-state index in [2.05, 4.69) is 10.6 Å². The minimum absolute atomic E-state index is 0.0429. The van der Waals surface area contributed by atoms with Gasteiger partial charge in [0.15, 0.2) is 6.29 Å². The molecule has 0 fully saturated rings. The second-order valence-corrected chi connectivity index (χ2v) is 11.3. The van der Waals surface area contributed by atoms with Gasteiger partial charge < -0.3 is 35.7 Å². The Bertz CT molecular complexity index is 648. The largest absolute Gasteiger partial charge is 0.460 e. The number of rotatable bonds is 12. The molecule has 0 aliphatic rings. The molecule has 0 radical (unpaired) electrons. The molecule has 10 nitrogen and oxygen atoms in total. The molecule has 0 saturated heterocycles. The van der Waals surface area contributed by atoms with Crippen molar-refractivity contribution >= 4 is 18.0 Å². The Balaban J connectivity index is 5.35. The summed E-state index contributed by atoms with van der Waals surface area (Å²) in [4.78, 5) is 37.5. The van der Waals surface area contributed by atoms with Crippen LogP contribution in [0.15, 0.2) is 0 Å². The van der Waals surface area contributed by atoms with E-state index in [1.807, 2.05) is 0 Å². The zero-order valence-corrected chi connectivity index (χ0v) is 22.4. The van der Waals surface area contributed by atoms with Gasteiger partial charge in [0.25, 0.3) is 0 Å². The number of hydrogen-bond acceptors (Lipinski definition) is 8. The summed E-state index contributed by atoms with van der Waals surface area (Å²) >= 11 is 0. The highest BCUT2D eigenvalue weighted by atomic mass is 16.6. The van der Waals surface area contributed by atoms with E-state index in [0.29, 0.717) is 25.8 Å². The molecule has 200 valence electrons. The van der Waals surface area contributed by atoms with Crippen molar-refractivity contribution in [3.05, 3.63) is 0 Å². The van der Waals surface area contributed by atoms with Crippen molar-refractivity contribution in [3.8, 4) is 0 Å². The Morgan fingerprint density at radius 2 is 1.38 bits per heavy atom. The van der Waals surface area contributed by atoms with Gasteiger partial charge in [0.2, 0.25) is 0 Å². The zero-order valence-electron chi connectivity index (χ0n) is 22.4. The Kier molecular flexibility index (Phi) is 13.1. The highest BCUT2D eigenvalue weighted by Crippen LogP contribution is 2.17. The summed E-state index contributed by atoms with van der Waals surface area (Å²) < 4.78 is 16.3. The van der Waals surface area contributed by atoms with Crippen LogP contribution in [0.5, 0.6) is 0 Å². The number of amides is 2. The average molecular weight is 490 g/mol. The monoisotopic (exact) mass is 489 g/mol. The molecular weight excluding hydrogens is 442 g/mol. The van der Waals surface area contributed by atoms with Gasteiger partial charge in [-0.3, -0.25) is 4.79 Å². The van der Waals surface area contributed by atoms with Crippen molar-refractivity contribution in [2.24, 2.45) is 5.73 Å². The summed E-state index contributed by atoms with van der Waals surface area (Å²) in [6.45, 7) is 16.3. The van der Waals surface area contributed by atoms with Gasteiger partial charge in [0.05, 0.1) is 11.6 Å². The second kappa shape index (κ2) is 13.8. The highest BCUT2D eigenvalue weighted by Gasteiger charge is 2.31. The molecule has 0 saturated carbocycles. The van der Waals surface area contributed by atoms with Crippen molar-refractivity contribution in [3.63, 3.8) is 0 Å². The van der Waals surface area contributed by atoms with Gasteiger partial charge in [0, 0.05) is 6.42 Å². The number of hydrogen-bond donors (Lipinski definition) is 4. The zero-order chi connectivity index (χ0) is 26.7. The van der Waals surface area contributed by atoms with Crippen LogP contribution in [0.1, 0.15) is 94.4 Å². The predicted octanol–water partition coefficient (Wildman–Crippen LogP) is 2.75.